The van der Waals surface area contributed by atoms with Crippen LogP contribution in [0.2, 0.25) is 0 Å². The molecule has 0 bridgehead atoms. The van der Waals surface area contributed by atoms with Crippen LogP contribution in [0.3, 0.4) is 0 Å². The lowest BCUT2D eigenvalue weighted by Crippen LogP contribution is -2.19. The fourth-order valence-corrected chi connectivity index (χ4v) is 2.65. The summed E-state index contributed by atoms with van der Waals surface area (Å²) in [5, 5.41) is 9.72. The first-order valence-electron chi connectivity index (χ1n) is 7.05. The van der Waals surface area contributed by atoms with Gasteiger partial charge in [0.15, 0.2) is 0 Å². The van der Waals surface area contributed by atoms with Gasteiger partial charge in [0.2, 0.25) is 0 Å². The molecule has 2 rings (SSSR count). The van der Waals surface area contributed by atoms with Crippen LogP contribution >= 0.6 is 0 Å². The number of unbranched alkanes of at least 4 members (excludes halogenated alkanes) is 1. The lowest BCUT2D eigenvalue weighted by atomic mass is 9.97. The highest BCUT2D eigenvalue weighted by Gasteiger charge is 2.33. The van der Waals surface area contributed by atoms with Crippen molar-refractivity contribution in [1.29, 1.82) is 0 Å². The Hall–Kier alpha value is -1.16. The number of allylic oxidation sites excluding steroid dienone is 2. The number of hydrogen-bond acceptors (Lipinski definition) is 3. The van der Waals surface area contributed by atoms with Gasteiger partial charge in [-0.25, -0.2) is 4.39 Å². The molecule has 3 unspecified atom stereocenters. The van der Waals surface area contributed by atoms with Gasteiger partial charge in [-0.2, -0.15) is 0 Å². The fraction of sp³-hybridized carbons (Fsp3) is 0.667. The predicted molar refractivity (Wildman–Crippen MR) is 70.0 cm³/mol. The monoisotopic (exact) mass is 268 g/mol. The van der Waals surface area contributed by atoms with Gasteiger partial charge in [-0.1, -0.05) is 31.9 Å². The average Bonchev–Trinajstić information content (AvgIpc) is 2.92. The van der Waals surface area contributed by atoms with Gasteiger partial charge in [0.25, 0.3) is 0 Å². The molecule has 0 saturated heterocycles. The highest BCUT2D eigenvalue weighted by molar-refractivity contribution is 5.77. The fourth-order valence-electron chi connectivity index (χ4n) is 2.65. The quantitative estimate of drug-likeness (QED) is 0.595. The Morgan fingerprint density at radius 2 is 2.37 bits per heavy atom. The summed E-state index contributed by atoms with van der Waals surface area (Å²) < 4.78 is 18.7. The standard InChI is InChI=1S/C15H21FO3/c1-2-3-4-12(16)13(17)7-5-10-6-8-14-11(10)9-15(18)19-14/h5,7,10,12-13,17H,2-4,6,8-9H2,1H3/b7-5+. The van der Waals surface area contributed by atoms with Crippen LogP contribution in [0.1, 0.15) is 45.4 Å². The Bertz CT molecular complexity index is 400. The van der Waals surface area contributed by atoms with Crippen LogP contribution in [-0.4, -0.2) is 23.4 Å². The average molecular weight is 268 g/mol. The van der Waals surface area contributed by atoms with E-state index in [1.165, 1.54) is 6.08 Å². The maximum absolute atomic E-state index is 13.6. The van der Waals surface area contributed by atoms with Gasteiger partial charge in [-0.15, -0.1) is 0 Å². The van der Waals surface area contributed by atoms with E-state index in [0.717, 1.165) is 37.0 Å². The molecule has 4 heteroatoms. The van der Waals surface area contributed by atoms with Crippen molar-refractivity contribution in [2.75, 3.05) is 0 Å². The van der Waals surface area contributed by atoms with Crippen LogP contribution in [0, 0.1) is 5.92 Å². The molecule has 0 spiro atoms. The molecule has 2 aliphatic rings. The molecule has 0 aromatic rings. The number of carbonyl (C=O) groups is 1. The number of hydrogen-bond donors (Lipinski definition) is 1. The summed E-state index contributed by atoms with van der Waals surface area (Å²) in [5.74, 6) is 0.710. The lowest BCUT2D eigenvalue weighted by molar-refractivity contribution is -0.136. The molecule has 0 fully saturated rings. The molecule has 0 radical (unpaired) electrons. The van der Waals surface area contributed by atoms with Crippen molar-refractivity contribution >= 4 is 5.97 Å². The van der Waals surface area contributed by atoms with E-state index in [4.69, 9.17) is 4.74 Å². The summed E-state index contributed by atoms with van der Waals surface area (Å²) in [5.41, 5.74) is 1.01. The Balaban J connectivity index is 1.87. The molecule has 1 N–H and O–H groups in total. The topological polar surface area (TPSA) is 46.5 Å². The number of carbonyl (C=O) groups excluding carboxylic acids is 1. The lowest BCUT2D eigenvalue weighted by Gasteiger charge is -2.13. The third kappa shape index (κ3) is 3.44. The molecule has 0 aromatic heterocycles. The van der Waals surface area contributed by atoms with Crippen molar-refractivity contribution in [3.63, 3.8) is 0 Å². The molecule has 3 nitrogen and oxygen atoms in total. The number of aliphatic hydroxyl groups excluding tert-OH is 1. The number of aliphatic hydroxyl groups is 1. The minimum atomic E-state index is -1.20. The Labute approximate surface area is 113 Å². The van der Waals surface area contributed by atoms with E-state index in [1.54, 1.807) is 0 Å². The minimum Gasteiger partial charge on any atom is -0.431 e. The molecular weight excluding hydrogens is 247 g/mol. The van der Waals surface area contributed by atoms with Gasteiger partial charge in [-0.3, -0.25) is 4.79 Å². The third-order valence-corrected chi connectivity index (χ3v) is 3.80. The molecule has 0 saturated carbocycles. The smallest absolute Gasteiger partial charge is 0.315 e. The zero-order valence-corrected chi connectivity index (χ0v) is 11.3. The summed E-state index contributed by atoms with van der Waals surface area (Å²) in [4.78, 5) is 11.2. The molecule has 0 amide bonds. The first-order valence-corrected chi connectivity index (χ1v) is 7.05. The van der Waals surface area contributed by atoms with Gasteiger partial charge in [0.05, 0.1) is 6.42 Å². The Kier molecular flexibility index (Phi) is 4.75. The summed E-state index contributed by atoms with van der Waals surface area (Å²) >= 11 is 0. The number of rotatable bonds is 6. The summed E-state index contributed by atoms with van der Waals surface area (Å²) in [6.07, 6.45) is 5.20. The normalized spacial score (nSPS) is 25.8. The molecule has 1 aliphatic carbocycles. The van der Waals surface area contributed by atoms with Gasteiger partial charge >= 0.3 is 5.97 Å². The Morgan fingerprint density at radius 3 is 3.11 bits per heavy atom. The molecular formula is C15H21FO3. The first kappa shape index (κ1) is 14.3. The highest BCUT2D eigenvalue weighted by atomic mass is 19.1. The highest BCUT2D eigenvalue weighted by Crippen LogP contribution is 2.40. The van der Waals surface area contributed by atoms with Crippen molar-refractivity contribution in [3.05, 3.63) is 23.5 Å². The van der Waals surface area contributed by atoms with E-state index in [0.29, 0.717) is 12.8 Å². The largest absolute Gasteiger partial charge is 0.431 e. The molecule has 1 aliphatic heterocycles. The predicted octanol–water partition coefficient (Wildman–Crippen LogP) is 3.04. The van der Waals surface area contributed by atoms with Crippen LogP contribution in [0.25, 0.3) is 0 Å². The summed E-state index contributed by atoms with van der Waals surface area (Å²) in [6.45, 7) is 2.00. The van der Waals surface area contributed by atoms with Gasteiger partial charge in [0, 0.05) is 12.3 Å². The zero-order valence-electron chi connectivity index (χ0n) is 11.3. The van der Waals surface area contributed by atoms with Crippen LogP contribution < -0.4 is 0 Å². The first-order chi connectivity index (χ1) is 9.11. The third-order valence-electron chi connectivity index (χ3n) is 3.80. The van der Waals surface area contributed by atoms with Crippen molar-refractivity contribution < 1.29 is 19.0 Å². The molecule has 1 heterocycles. The molecule has 0 aromatic carbocycles. The maximum atomic E-state index is 13.6. The van der Waals surface area contributed by atoms with E-state index in [1.807, 2.05) is 13.0 Å². The van der Waals surface area contributed by atoms with Crippen molar-refractivity contribution in [2.24, 2.45) is 5.92 Å². The van der Waals surface area contributed by atoms with Crippen LogP contribution in [-0.2, 0) is 9.53 Å². The van der Waals surface area contributed by atoms with E-state index in [-0.39, 0.29) is 11.9 Å². The Morgan fingerprint density at radius 1 is 1.58 bits per heavy atom. The van der Waals surface area contributed by atoms with E-state index in [9.17, 15) is 14.3 Å². The van der Waals surface area contributed by atoms with Gasteiger partial charge in [0.1, 0.15) is 18.0 Å². The van der Waals surface area contributed by atoms with Gasteiger partial charge in [-0.05, 0) is 18.4 Å². The number of ether oxygens (including phenoxy) is 1. The zero-order chi connectivity index (χ0) is 13.8. The molecule has 106 valence electrons. The van der Waals surface area contributed by atoms with Gasteiger partial charge < -0.3 is 9.84 Å². The van der Waals surface area contributed by atoms with Crippen molar-refractivity contribution in [3.8, 4) is 0 Å². The maximum Gasteiger partial charge on any atom is 0.315 e. The minimum absolute atomic E-state index is 0.120. The SMILES string of the molecule is CCCCC(F)C(O)/C=C/C1CCC2=C1CC(=O)O2. The number of halogens is 1. The number of esters is 1. The second-order valence-corrected chi connectivity index (χ2v) is 5.28. The second kappa shape index (κ2) is 6.33. The molecule has 3 atom stereocenters. The summed E-state index contributed by atoms with van der Waals surface area (Å²) in [6, 6.07) is 0. The molecule has 19 heavy (non-hydrogen) atoms. The van der Waals surface area contributed by atoms with Crippen molar-refractivity contribution in [1.82, 2.24) is 0 Å². The van der Waals surface area contributed by atoms with E-state index in [2.05, 4.69) is 0 Å². The van der Waals surface area contributed by atoms with Crippen LogP contribution in [0.5, 0.6) is 0 Å². The number of alkyl halides is 1. The van der Waals surface area contributed by atoms with E-state index >= 15 is 0 Å². The van der Waals surface area contributed by atoms with Crippen LogP contribution in [0.4, 0.5) is 4.39 Å². The van der Waals surface area contributed by atoms with Crippen molar-refractivity contribution in [2.45, 2.75) is 57.7 Å². The second-order valence-electron chi connectivity index (χ2n) is 5.28. The summed E-state index contributed by atoms with van der Waals surface area (Å²) in [7, 11) is 0. The van der Waals surface area contributed by atoms with Crippen LogP contribution in [0.15, 0.2) is 23.5 Å². The van der Waals surface area contributed by atoms with E-state index < -0.39 is 12.3 Å².